The Morgan fingerprint density at radius 2 is 2.32 bits per heavy atom. The molecule has 3 N–H and O–H groups in total. The van der Waals surface area contributed by atoms with Crippen molar-refractivity contribution in [1.29, 1.82) is 0 Å². The van der Waals surface area contributed by atoms with E-state index in [1.165, 1.54) is 12.8 Å². The van der Waals surface area contributed by atoms with Crippen LogP contribution in [0.25, 0.3) is 6.08 Å². The highest BCUT2D eigenvalue weighted by atomic mass is 32.2. The fourth-order valence-electron chi connectivity index (χ4n) is 2.41. The molecule has 1 unspecified atom stereocenters. The Bertz CT molecular complexity index is 613. The highest BCUT2D eigenvalue weighted by Gasteiger charge is 2.25. The molecular formula is C14H17N5O2S. The van der Waals surface area contributed by atoms with Crippen LogP contribution in [0.3, 0.4) is 0 Å². The number of aromatic nitrogens is 2. The highest BCUT2D eigenvalue weighted by Crippen LogP contribution is 2.25. The van der Waals surface area contributed by atoms with Crippen LogP contribution < -0.4 is 16.0 Å². The summed E-state index contributed by atoms with van der Waals surface area (Å²) >= 11 is 0.881. The average molecular weight is 319 g/mol. The number of carbonyl (C=O) groups is 2. The van der Waals surface area contributed by atoms with Gasteiger partial charge in [-0.05, 0) is 43.3 Å². The van der Waals surface area contributed by atoms with Gasteiger partial charge in [0.15, 0.2) is 0 Å². The molecule has 1 atom stereocenters. The van der Waals surface area contributed by atoms with Crippen LogP contribution in [-0.4, -0.2) is 40.2 Å². The molecule has 2 amide bonds. The summed E-state index contributed by atoms with van der Waals surface area (Å²) in [4.78, 5) is 31.5. The van der Waals surface area contributed by atoms with Crippen molar-refractivity contribution in [3.05, 3.63) is 22.9 Å². The average Bonchev–Trinajstić information content (AvgIpc) is 2.84. The van der Waals surface area contributed by atoms with Crippen molar-refractivity contribution in [2.75, 3.05) is 18.4 Å². The first-order valence-electron chi connectivity index (χ1n) is 7.26. The van der Waals surface area contributed by atoms with Crippen LogP contribution in [0.5, 0.6) is 0 Å². The van der Waals surface area contributed by atoms with Crippen LogP contribution >= 0.6 is 11.8 Å². The molecule has 0 aliphatic carbocycles. The van der Waals surface area contributed by atoms with Crippen molar-refractivity contribution in [3.8, 4) is 0 Å². The number of amides is 2. The number of hydrogen-bond donors (Lipinski definition) is 3. The number of nitrogens with one attached hydrogen (secondary N) is 3. The van der Waals surface area contributed by atoms with Gasteiger partial charge in [-0.3, -0.25) is 14.9 Å². The molecule has 0 radical (unpaired) electrons. The van der Waals surface area contributed by atoms with Crippen molar-refractivity contribution < 1.29 is 9.59 Å². The Balaban J connectivity index is 1.63. The van der Waals surface area contributed by atoms with Crippen molar-refractivity contribution in [3.63, 3.8) is 0 Å². The lowest BCUT2D eigenvalue weighted by molar-refractivity contribution is -0.115. The van der Waals surface area contributed by atoms with E-state index in [0.717, 1.165) is 31.3 Å². The van der Waals surface area contributed by atoms with Gasteiger partial charge < -0.3 is 10.6 Å². The van der Waals surface area contributed by atoms with E-state index in [1.54, 1.807) is 18.3 Å². The van der Waals surface area contributed by atoms with E-state index in [0.29, 0.717) is 22.6 Å². The zero-order valence-electron chi connectivity index (χ0n) is 12.0. The molecule has 3 rings (SSSR count). The number of rotatable bonds is 4. The monoisotopic (exact) mass is 319 g/mol. The first-order chi connectivity index (χ1) is 10.7. The predicted molar refractivity (Wildman–Crippen MR) is 85.3 cm³/mol. The first-order valence-corrected chi connectivity index (χ1v) is 8.07. The quantitative estimate of drug-likeness (QED) is 0.721. The third-order valence-corrected chi connectivity index (χ3v) is 4.33. The number of thioether (sulfide) groups is 1. The van der Waals surface area contributed by atoms with Crippen LogP contribution in [-0.2, 0) is 4.79 Å². The Hall–Kier alpha value is -1.93. The summed E-state index contributed by atoms with van der Waals surface area (Å²) in [7, 11) is 0. The largest absolute Gasteiger partial charge is 0.353 e. The summed E-state index contributed by atoms with van der Waals surface area (Å²) in [5.74, 6) is 0.144. The van der Waals surface area contributed by atoms with Crippen LogP contribution in [0.1, 0.15) is 25.0 Å². The Labute approximate surface area is 132 Å². The van der Waals surface area contributed by atoms with Crippen LogP contribution in [0, 0.1) is 0 Å². The van der Waals surface area contributed by atoms with E-state index in [9.17, 15) is 9.59 Å². The summed E-state index contributed by atoms with van der Waals surface area (Å²) in [6.45, 7) is 1.83. The van der Waals surface area contributed by atoms with Gasteiger partial charge in [-0.15, -0.1) is 0 Å². The molecule has 2 aliphatic rings. The van der Waals surface area contributed by atoms with Gasteiger partial charge in [-0.1, -0.05) is 6.42 Å². The van der Waals surface area contributed by atoms with Crippen molar-refractivity contribution in [2.24, 2.45) is 0 Å². The van der Waals surface area contributed by atoms with Crippen LogP contribution in [0.4, 0.5) is 10.7 Å². The molecule has 0 aromatic carbocycles. The molecule has 8 heteroatoms. The molecule has 7 nitrogen and oxygen atoms in total. The molecule has 22 heavy (non-hydrogen) atoms. The molecular weight excluding hydrogens is 302 g/mol. The third kappa shape index (κ3) is 3.83. The first kappa shape index (κ1) is 15.0. The minimum Gasteiger partial charge on any atom is -0.353 e. The molecule has 2 aliphatic heterocycles. The number of carbonyl (C=O) groups excluding carboxylic acids is 2. The lowest BCUT2D eigenvalue weighted by Crippen LogP contribution is -2.39. The smallest absolute Gasteiger partial charge is 0.290 e. The zero-order valence-corrected chi connectivity index (χ0v) is 12.8. The van der Waals surface area contributed by atoms with Gasteiger partial charge in [0.1, 0.15) is 0 Å². The van der Waals surface area contributed by atoms with E-state index >= 15 is 0 Å². The van der Waals surface area contributed by atoms with E-state index in [-0.39, 0.29) is 11.1 Å². The lowest BCUT2D eigenvalue weighted by atomic mass is 10.1. The molecule has 3 heterocycles. The van der Waals surface area contributed by atoms with E-state index in [2.05, 4.69) is 25.9 Å². The van der Waals surface area contributed by atoms with Crippen molar-refractivity contribution in [2.45, 2.75) is 25.3 Å². The Morgan fingerprint density at radius 3 is 3.05 bits per heavy atom. The van der Waals surface area contributed by atoms with Gasteiger partial charge in [0.05, 0.1) is 10.6 Å². The minimum atomic E-state index is -0.380. The standard InChI is InChI=1S/C14H17N5O2S/c20-12-11(22-14(21)19-12)7-9-4-6-16-13(18-9)17-8-10-3-1-2-5-15-10/h4,6-7,10,15H,1-3,5,8H2,(H,16,17,18)(H,19,20,21)/b11-7-. The molecule has 116 valence electrons. The van der Waals surface area contributed by atoms with E-state index in [4.69, 9.17) is 0 Å². The third-order valence-electron chi connectivity index (χ3n) is 3.52. The number of anilines is 1. The normalized spacial score (nSPS) is 23.6. The molecule has 0 bridgehead atoms. The minimum absolute atomic E-state index is 0.351. The van der Waals surface area contributed by atoms with Gasteiger partial charge in [0.25, 0.3) is 11.1 Å². The summed E-state index contributed by atoms with van der Waals surface area (Å²) in [5.41, 5.74) is 0.599. The van der Waals surface area contributed by atoms with Crippen molar-refractivity contribution in [1.82, 2.24) is 20.6 Å². The number of nitrogens with zero attached hydrogens (tertiary/aromatic N) is 2. The molecule has 1 aromatic rings. The van der Waals surface area contributed by atoms with E-state index < -0.39 is 0 Å². The van der Waals surface area contributed by atoms with Crippen molar-refractivity contribution >= 4 is 34.9 Å². The fourth-order valence-corrected chi connectivity index (χ4v) is 3.07. The predicted octanol–water partition coefficient (Wildman–Crippen LogP) is 1.35. The van der Waals surface area contributed by atoms with E-state index in [1.807, 2.05) is 0 Å². The molecule has 1 aromatic heterocycles. The maximum atomic E-state index is 11.5. The molecule has 0 spiro atoms. The SMILES string of the molecule is O=C1NC(=O)/C(=C/c2ccnc(NCC3CCCCN3)n2)S1. The molecule has 2 saturated heterocycles. The van der Waals surface area contributed by atoms with Gasteiger partial charge >= 0.3 is 0 Å². The van der Waals surface area contributed by atoms with Gasteiger partial charge in [-0.25, -0.2) is 9.97 Å². The van der Waals surface area contributed by atoms with Gasteiger partial charge in [0, 0.05) is 18.8 Å². The molecule has 0 saturated carbocycles. The Morgan fingerprint density at radius 1 is 1.41 bits per heavy atom. The number of piperidine rings is 1. The summed E-state index contributed by atoms with van der Waals surface area (Å²) in [6, 6.07) is 2.14. The topological polar surface area (TPSA) is 96.0 Å². The zero-order chi connectivity index (χ0) is 15.4. The van der Waals surface area contributed by atoms with Gasteiger partial charge in [-0.2, -0.15) is 0 Å². The number of hydrogen-bond acceptors (Lipinski definition) is 7. The highest BCUT2D eigenvalue weighted by molar-refractivity contribution is 8.18. The summed E-state index contributed by atoms with van der Waals surface area (Å²) in [6.07, 6.45) is 6.85. The number of imide groups is 1. The summed E-state index contributed by atoms with van der Waals surface area (Å²) in [5, 5.41) is 8.53. The van der Waals surface area contributed by atoms with Crippen LogP contribution in [0.2, 0.25) is 0 Å². The second-order valence-electron chi connectivity index (χ2n) is 5.19. The second-order valence-corrected chi connectivity index (χ2v) is 6.20. The molecule has 2 fully saturated rings. The summed E-state index contributed by atoms with van der Waals surface area (Å²) < 4.78 is 0. The lowest BCUT2D eigenvalue weighted by Gasteiger charge is -2.23. The van der Waals surface area contributed by atoms with Crippen LogP contribution in [0.15, 0.2) is 17.2 Å². The second kappa shape index (κ2) is 6.89. The maximum Gasteiger partial charge on any atom is 0.290 e. The van der Waals surface area contributed by atoms with Gasteiger partial charge in [0.2, 0.25) is 5.95 Å². The maximum absolute atomic E-state index is 11.5. The fraction of sp³-hybridized carbons (Fsp3) is 0.429. The Kier molecular flexibility index (Phi) is 4.69.